The van der Waals surface area contributed by atoms with Gasteiger partial charge in [-0.2, -0.15) is 0 Å². The van der Waals surface area contributed by atoms with Crippen molar-refractivity contribution >= 4 is 65.8 Å². The molecule has 2 heterocycles. The van der Waals surface area contributed by atoms with Crippen LogP contribution in [0.2, 0.25) is 0 Å². The van der Waals surface area contributed by atoms with Crippen LogP contribution in [0.15, 0.2) is 24.3 Å². The lowest BCUT2D eigenvalue weighted by Gasteiger charge is -2.31. The summed E-state index contributed by atoms with van der Waals surface area (Å²) in [6.07, 6.45) is 0.165. The SMILES string of the molecule is COC(=O)N1c2c(CCl)cc(F)cc2CC1(C)C.COC(=O)N1c2c(CO)cc(F)cc2CC1(C)C.O=S(Cl)Cl. The summed E-state index contributed by atoms with van der Waals surface area (Å²) in [5.74, 6) is -0.573. The highest BCUT2D eigenvalue weighted by molar-refractivity contribution is 8.26. The Morgan fingerprint density at radius 1 is 0.875 bits per heavy atom. The zero-order chi connectivity index (χ0) is 30.6. The molecule has 0 fully saturated rings. The van der Waals surface area contributed by atoms with Crippen LogP contribution in [-0.2, 0) is 44.0 Å². The molecule has 0 aromatic heterocycles. The third-order valence-corrected chi connectivity index (χ3v) is 6.69. The normalized spacial score (nSPS) is 15.8. The molecule has 8 nitrogen and oxygen atoms in total. The first-order valence-electron chi connectivity index (χ1n) is 11.8. The van der Waals surface area contributed by atoms with Crippen LogP contribution >= 0.6 is 33.0 Å². The van der Waals surface area contributed by atoms with Gasteiger partial charge >= 0.3 is 12.2 Å². The van der Waals surface area contributed by atoms with Crippen LogP contribution in [0.3, 0.4) is 0 Å². The number of carbonyl (C=O) groups is 2. The van der Waals surface area contributed by atoms with Crippen molar-refractivity contribution in [1.82, 2.24) is 0 Å². The van der Waals surface area contributed by atoms with Crippen LogP contribution in [0.25, 0.3) is 0 Å². The number of aliphatic hydroxyl groups is 1. The molecule has 14 heteroatoms. The monoisotopic (exact) mass is 642 g/mol. The molecule has 4 rings (SSSR count). The van der Waals surface area contributed by atoms with E-state index in [0.717, 1.165) is 11.1 Å². The Hall–Kier alpha value is -2.18. The lowest BCUT2D eigenvalue weighted by atomic mass is 9.99. The van der Waals surface area contributed by atoms with E-state index in [2.05, 4.69) is 21.4 Å². The minimum absolute atomic E-state index is 0.156. The van der Waals surface area contributed by atoms with Crippen molar-refractivity contribution in [3.8, 4) is 0 Å². The number of alkyl halides is 1. The highest BCUT2D eigenvalue weighted by Gasteiger charge is 2.43. The van der Waals surface area contributed by atoms with Gasteiger partial charge in [0.25, 0.3) is 0 Å². The van der Waals surface area contributed by atoms with E-state index in [0.29, 0.717) is 35.3 Å². The maximum atomic E-state index is 13.5. The number of aliphatic hydroxyl groups excluding tert-OH is 1. The minimum atomic E-state index is -1.67. The highest BCUT2D eigenvalue weighted by Crippen LogP contribution is 2.43. The lowest BCUT2D eigenvalue weighted by molar-refractivity contribution is 0.172. The van der Waals surface area contributed by atoms with Crippen molar-refractivity contribution in [3.63, 3.8) is 0 Å². The molecule has 1 N–H and O–H groups in total. The second-order valence-electron chi connectivity index (χ2n) is 10.2. The smallest absolute Gasteiger partial charge is 0.414 e. The van der Waals surface area contributed by atoms with Gasteiger partial charge in [0, 0.05) is 43.9 Å². The predicted molar refractivity (Wildman–Crippen MR) is 153 cm³/mol. The Morgan fingerprint density at radius 3 is 1.55 bits per heavy atom. The third kappa shape index (κ3) is 7.55. The molecule has 0 unspecified atom stereocenters. The molecule has 2 aliphatic heterocycles. The first kappa shape index (κ1) is 34.0. The molecule has 0 saturated carbocycles. The van der Waals surface area contributed by atoms with Crippen LogP contribution in [0.4, 0.5) is 29.7 Å². The largest absolute Gasteiger partial charge is 0.452 e. The van der Waals surface area contributed by atoms with Crippen LogP contribution < -0.4 is 9.80 Å². The van der Waals surface area contributed by atoms with Gasteiger partial charge in [0.15, 0.2) is 0 Å². The number of anilines is 2. The van der Waals surface area contributed by atoms with E-state index >= 15 is 0 Å². The summed E-state index contributed by atoms with van der Waals surface area (Å²) in [6.45, 7) is 7.27. The van der Waals surface area contributed by atoms with Crippen molar-refractivity contribution < 1.29 is 37.2 Å². The van der Waals surface area contributed by atoms with Gasteiger partial charge in [-0.3, -0.25) is 9.80 Å². The van der Waals surface area contributed by atoms with Crippen LogP contribution in [0.1, 0.15) is 49.9 Å². The van der Waals surface area contributed by atoms with Crippen molar-refractivity contribution in [2.24, 2.45) is 0 Å². The molecule has 0 radical (unpaired) electrons. The van der Waals surface area contributed by atoms with Crippen molar-refractivity contribution in [3.05, 3.63) is 58.2 Å². The number of nitrogens with zero attached hydrogens (tertiary/aromatic N) is 2. The zero-order valence-corrected chi connectivity index (χ0v) is 25.9. The number of amides is 2. The number of benzene rings is 2. The fourth-order valence-corrected chi connectivity index (χ4v) is 5.26. The molecule has 40 heavy (non-hydrogen) atoms. The van der Waals surface area contributed by atoms with E-state index in [9.17, 15) is 23.5 Å². The average Bonchev–Trinajstić information content (AvgIpc) is 3.28. The number of hydrogen-bond acceptors (Lipinski definition) is 6. The van der Waals surface area contributed by atoms with E-state index in [-0.39, 0.29) is 18.3 Å². The molecular weight excluding hydrogens is 613 g/mol. The molecule has 0 saturated heterocycles. The van der Waals surface area contributed by atoms with Crippen molar-refractivity contribution in [2.45, 2.75) is 64.1 Å². The molecule has 0 spiro atoms. The Labute approximate surface area is 248 Å². The summed E-state index contributed by atoms with van der Waals surface area (Å²) < 4.78 is 45.6. The topological polar surface area (TPSA) is 96.4 Å². The zero-order valence-electron chi connectivity index (χ0n) is 22.8. The van der Waals surface area contributed by atoms with Gasteiger partial charge in [-0.1, -0.05) is 0 Å². The van der Waals surface area contributed by atoms with E-state index in [1.807, 2.05) is 27.7 Å². The second kappa shape index (κ2) is 13.7. The Kier molecular flexibility index (Phi) is 11.6. The number of hydrogen-bond donors (Lipinski definition) is 1. The molecule has 2 aromatic rings. The first-order chi connectivity index (χ1) is 18.5. The van der Waals surface area contributed by atoms with E-state index in [4.69, 9.17) is 25.3 Å². The summed E-state index contributed by atoms with van der Waals surface area (Å²) in [4.78, 5) is 26.8. The molecule has 0 aliphatic carbocycles. The number of fused-ring (bicyclic) bond motifs is 2. The van der Waals surface area contributed by atoms with Crippen molar-refractivity contribution in [1.29, 1.82) is 0 Å². The average molecular weight is 644 g/mol. The van der Waals surface area contributed by atoms with Crippen LogP contribution in [0, 0.1) is 11.6 Å². The molecule has 222 valence electrons. The first-order valence-corrected chi connectivity index (χ1v) is 15.2. The van der Waals surface area contributed by atoms with Gasteiger partial charge in [-0.25, -0.2) is 22.6 Å². The summed E-state index contributed by atoms with van der Waals surface area (Å²) in [5, 5.41) is 9.32. The molecule has 2 aromatic carbocycles. The van der Waals surface area contributed by atoms with Crippen LogP contribution in [0.5, 0.6) is 0 Å². The maximum absolute atomic E-state index is 13.5. The highest BCUT2D eigenvalue weighted by atomic mass is 36.0. The predicted octanol–water partition coefficient (Wildman–Crippen LogP) is 6.74. The van der Waals surface area contributed by atoms with Gasteiger partial charge in [0.2, 0.25) is 9.23 Å². The van der Waals surface area contributed by atoms with E-state index in [1.54, 1.807) is 4.90 Å². The fraction of sp³-hybridized carbons (Fsp3) is 0.462. The summed E-state index contributed by atoms with van der Waals surface area (Å²) in [7, 11) is 10.00. The maximum Gasteiger partial charge on any atom is 0.414 e. The van der Waals surface area contributed by atoms with Gasteiger partial charge in [0.1, 0.15) is 11.6 Å². The quantitative estimate of drug-likeness (QED) is 0.288. The summed E-state index contributed by atoms with van der Waals surface area (Å²) >= 11 is 5.84. The van der Waals surface area contributed by atoms with E-state index in [1.165, 1.54) is 43.4 Å². The molecule has 2 amide bonds. The third-order valence-electron chi connectivity index (χ3n) is 6.40. The van der Waals surface area contributed by atoms with Gasteiger partial charge < -0.3 is 14.6 Å². The Morgan fingerprint density at radius 2 is 1.23 bits per heavy atom. The number of rotatable bonds is 2. The minimum Gasteiger partial charge on any atom is -0.452 e. The molecule has 0 bridgehead atoms. The number of halogens is 5. The molecule has 0 atom stereocenters. The second-order valence-corrected chi connectivity index (χ2v) is 13.0. The summed E-state index contributed by atoms with van der Waals surface area (Å²) in [6, 6.07) is 5.47. The van der Waals surface area contributed by atoms with Gasteiger partial charge in [0.05, 0.1) is 32.2 Å². The van der Waals surface area contributed by atoms with Crippen molar-refractivity contribution in [2.75, 3.05) is 24.0 Å². The Balaban J connectivity index is 0.000000247. The Bertz CT molecular complexity index is 1200. The standard InChI is InChI=1S/C13H15ClFNO2.C13H16FNO3.Cl2OS/c1-13(2)6-8-4-10(15)5-9(7-14)11(8)16(13)12(17)18-3;1-13(2)6-8-4-10(14)5-9(7-16)11(8)15(13)12(17)18-3;1-4(2)3/h4-5H,6-7H2,1-3H3;4-5,16H,6-7H2,1-3H3;. The number of methoxy groups -OCH3 is 2. The van der Waals surface area contributed by atoms with E-state index < -0.39 is 38.3 Å². The van der Waals surface area contributed by atoms with Gasteiger partial charge in [-0.05, 0) is 81.5 Å². The van der Waals surface area contributed by atoms with Gasteiger partial charge in [-0.15, -0.1) is 11.6 Å². The summed E-state index contributed by atoms with van der Waals surface area (Å²) in [5.41, 5.74) is 2.84. The van der Waals surface area contributed by atoms with Crippen LogP contribution in [-0.4, -0.2) is 46.8 Å². The molecule has 2 aliphatic rings. The number of carbonyl (C=O) groups excluding carboxylic acids is 2. The number of ether oxygens (including phenoxy) is 2. The lowest BCUT2D eigenvalue weighted by Crippen LogP contribution is -2.45. The molecular formula is C26H31Cl3F2N2O6S. The fourth-order valence-electron chi connectivity index (χ4n) is 5.06.